The van der Waals surface area contributed by atoms with Crippen LogP contribution in [0.4, 0.5) is 0 Å². The summed E-state index contributed by atoms with van der Waals surface area (Å²) in [6, 6.07) is 12.9. The predicted octanol–water partition coefficient (Wildman–Crippen LogP) is 3.75. The van der Waals surface area contributed by atoms with Crippen LogP contribution < -0.4 is 9.46 Å². The van der Waals surface area contributed by atoms with E-state index in [4.69, 9.17) is 4.74 Å². The van der Waals surface area contributed by atoms with Gasteiger partial charge in [-0.3, -0.25) is 0 Å². The monoisotopic (exact) mass is 345 g/mol. The smallest absolute Gasteiger partial charge is 0.241 e. The number of hydrogen-bond acceptors (Lipinski definition) is 3. The molecule has 2 aromatic carbocycles. The Labute approximate surface area is 143 Å². The second-order valence-electron chi connectivity index (χ2n) is 6.13. The zero-order chi connectivity index (χ0) is 17.2. The van der Waals surface area contributed by atoms with Crippen LogP contribution in [0.1, 0.15) is 42.5 Å². The number of rotatable bonds is 5. The molecule has 0 fully saturated rings. The third kappa shape index (κ3) is 3.47. The predicted molar refractivity (Wildman–Crippen MR) is 94.8 cm³/mol. The Hall–Kier alpha value is -1.85. The van der Waals surface area contributed by atoms with Gasteiger partial charge in [-0.25, -0.2) is 13.1 Å². The zero-order valence-corrected chi connectivity index (χ0v) is 14.9. The van der Waals surface area contributed by atoms with Crippen LogP contribution in [0, 0.1) is 6.92 Å². The molecule has 0 bridgehead atoms. The number of benzene rings is 2. The fourth-order valence-electron chi connectivity index (χ4n) is 3.24. The van der Waals surface area contributed by atoms with Crippen molar-refractivity contribution < 1.29 is 13.2 Å². The van der Waals surface area contributed by atoms with Crippen LogP contribution in [0.15, 0.2) is 47.4 Å². The molecule has 2 aromatic rings. The first-order valence-electron chi connectivity index (χ1n) is 8.35. The Morgan fingerprint density at radius 2 is 2.00 bits per heavy atom. The van der Waals surface area contributed by atoms with Gasteiger partial charge in [0.15, 0.2) is 0 Å². The third-order valence-electron chi connectivity index (χ3n) is 4.42. The number of sulfonamides is 1. The van der Waals surface area contributed by atoms with Crippen molar-refractivity contribution in [2.24, 2.45) is 0 Å². The van der Waals surface area contributed by atoms with Gasteiger partial charge in [-0.1, -0.05) is 24.3 Å². The highest BCUT2D eigenvalue weighted by Crippen LogP contribution is 2.31. The van der Waals surface area contributed by atoms with Crippen molar-refractivity contribution in [2.75, 3.05) is 6.61 Å². The summed E-state index contributed by atoms with van der Waals surface area (Å²) in [6.07, 6.45) is 2.83. The van der Waals surface area contributed by atoms with Crippen molar-refractivity contribution in [3.63, 3.8) is 0 Å². The summed E-state index contributed by atoms with van der Waals surface area (Å²) < 4.78 is 33.9. The second-order valence-corrected chi connectivity index (χ2v) is 7.84. The van der Waals surface area contributed by atoms with E-state index in [2.05, 4.69) is 10.8 Å². The molecule has 0 spiro atoms. The summed E-state index contributed by atoms with van der Waals surface area (Å²) in [6.45, 7) is 4.33. The molecule has 0 aliphatic heterocycles. The number of aryl methyl sites for hydroxylation is 2. The number of nitrogens with one attached hydrogen (secondary N) is 1. The van der Waals surface area contributed by atoms with Crippen molar-refractivity contribution in [1.82, 2.24) is 4.72 Å². The van der Waals surface area contributed by atoms with E-state index in [-0.39, 0.29) is 10.9 Å². The lowest BCUT2D eigenvalue weighted by Gasteiger charge is -2.26. The van der Waals surface area contributed by atoms with Crippen LogP contribution in [0.2, 0.25) is 0 Å². The van der Waals surface area contributed by atoms with E-state index in [9.17, 15) is 8.42 Å². The van der Waals surface area contributed by atoms with Crippen LogP contribution in [-0.2, 0) is 16.4 Å². The van der Waals surface area contributed by atoms with Gasteiger partial charge >= 0.3 is 0 Å². The lowest BCUT2D eigenvalue weighted by molar-refractivity contribution is 0.337. The van der Waals surface area contributed by atoms with Crippen molar-refractivity contribution in [1.29, 1.82) is 0 Å². The minimum Gasteiger partial charge on any atom is -0.494 e. The van der Waals surface area contributed by atoms with E-state index >= 15 is 0 Å². The molecule has 1 aliphatic carbocycles. The molecule has 0 saturated heterocycles. The maximum atomic E-state index is 12.8. The van der Waals surface area contributed by atoms with Crippen LogP contribution in [0.5, 0.6) is 5.75 Å². The third-order valence-corrected chi connectivity index (χ3v) is 5.89. The van der Waals surface area contributed by atoms with Crippen molar-refractivity contribution in [3.05, 3.63) is 59.2 Å². The van der Waals surface area contributed by atoms with E-state index in [1.165, 1.54) is 5.56 Å². The second kappa shape index (κ2) is 6.95. The Morgan fingerprint density at radius 1 is 1.21 bits per heavy atom. The maximum Gasteiger partial charge on any atom is 0.241 e. The summed E-state index contributed by atoms with van der Waals surface area (Å²) in [5.74, 6) is 0.722. The first-order chi connectivity index (χ1) is 11.5. The molecule has 24 heavy (non-hydrogen) atoms. The standard InChI is InChI=1S/C19H23NO3S/c1-3-23-19-12-11-16(13-14(19)2)24(21,22)20-18-10-6-8-15-7-4-5-9-17(15)18/h4-5,7,9,11-13,18,20H,3,6,8,10H2,1-2H3/t18-/m0/s1. The summed E-state index contributed by atoms with van der Waals surface area (Å²) in [5, 5.41) is 0. The molecule has 0 amide bonds. The maximum absolute atomic E-state index is 12.8. The van der Waals surface area contributed by atoms with Crippen LogP contribution in [0.3, 0.4) is 0 Å². The average Bonchev–Trinajstić information content (AvgIpc) is 2.57. The van der Waals surface area contributed by atoms with Gasteiger partial charge in [-0.2, -0.15) is 0 Å². The lowest BCUT2D eigenvalue weighted by Crippen LogP contribution is -2.31. The molecule has 0 aromatic heterocycles. The Balaban J connectivity index is 1.86. The van der Waals surface area contributed by atoms with Gasteiger partial charge in [0.1, 0.15) is 5.75 Å². The van der Waals surface area contributed by atoms with Gasteiger partial charge in [-0.05, 0) is 68.0 Å². The van der Waals surface area contributed by atoms with E-state index in [1.807, 2.05) is 32.0 Å². The van der Waals surface area contributed by atoms with Gasteiger partial charge in [0.25, 0.3) is 0 Å². The van der Waals surface area contributed by atoms with Crippen LogP contribution in [-0.4, -0.2) is 15.0 Å². The fraction of sp³-hybridized carbons (Fsp3) is 0.368. The van der Waals surface area contributed by atoms with Crippen molar-refractivity contribution in [2.45, 2.75) is 44.0 Å². The highest BCUT2D eigenvalue weighted by Gasteiger charge is 2.25. The molecule has 1 N–H and O–H groups in total. The molecule has 4 nitrogen and oxygen atoms in total. The number of hydrogen-bond donors (Lipinski definition) is 1. The normalized spacial score (nSPS) is 17.3. The summed E-state index contributed by atoms with van der Waals surface area (Å²) in [4.78, 5) is 0.284. The van der Waals surface area contributed by atoms with Crippen molar-refractivity contribution >= 4 is 10.0 Å². The molecule has 128 valence electrons. The molecule has 5 heteroatoms. The molecule has 0 saturated carbocycles. The zero-order valence-electron chi connectivity index (χ0n) is 14.1. The molecule has 0 unspecified atom stereocenters. The quantitative estimate of drug-likeness (QED) is 0.898. The lowest BCUT2D eigenvalue weighted by atomic mass is 9.88. The van der Waals surface area contributed by atoms with Gasteiger partial charge in [0.05, 0.1) is 11.5 Å². The highest BCUT2D eigenvalue weighted by molar-refractivity contribution is 7.89. The topological polar surface area (TPSA) is 55.4 Å². The summed E-state index contributed by atoms with van der Waals surface area (Å²) in [7, 11) is -3.56. The Bertz CT molecular complexity index is 830. The molecular formula is C19H23NO3S. The van der Waals surface area contributed by atoms with Gasteiger partial charge in [-0.15, -0.1) is 0 Å². The molecule has 1 atom stereocenters. The minimum atomic E-state index is -3.56. The van der Waals surface area contributed by atoms with Gasteiger partial charge in [0, 0.05) is 6.04 Å². The van der Waals surface area contributed by atoms with E-state index in [1.54, 1.807) is 18.2 Å². The number of fused-ring (bicyclic) bond motifs is 1. The van der Waals surface area contributed by atoms with E-state index < -0.39 is 10.0 Å². The molecular weight excluding hydrogens is 322 g/mol. The van der Waals surface area contributed by atoms with Crippen LogP contribution in [0.25, 0.3) is 0 Å². The molecule has 3 rings (SSSR count). The molecule has 0 radical (unpaired) electrons. The Morgan fingerprint density at radius 3 is 2.75 bits per heavy atom. The minimum absolute atomic E-state index is 0.160. The van der Waals surface area contributed by atoms with E-state index in [0.717, 1.165) is 36.1 Å². The fourth-order valence-corrected chi connectivity index (χ4v) is 4.57. The first-order valence-corrected chi connectivity index (χ1v) is 9.83. The average molecular weight is 345 g/mol. The van der Waals surface area contributed by atoms with Crippen LogP contribution >= 0.6 is 0 Å². The van der Waals surface area contributed by atoms with E-state index in [0.29, 0.717) is 6.61 Å². The largest absolute Gasteiger partial charge is 0.494 e. The van der Waals surface area contributed by atoms with Gasteiger partial charge < -0.3 is 4.74 Å². The highest BCUT2D eigenvalue weighted by atomic mass is 32.2. The summed E-state index contributed by atoms with van der Waals surface area (Å²) in [5.41, 5.74) is 3.15. The number of ether oxygens (including phenoxy) is 1. The molecule has 0 heterocycles. The molecule has 1 aliphatic rings. The first kappa shape index (κ1) is 17.0. The van der Waals surface area contributed by atoms with Gasteiger partial charge in [0.2, 0.25) is 10.0 Å². The summed E-state index contributed by atoms with van der Waals surface area (Å²) >= 11 is 0. The Kier molecular flexibility index (Phi) is 4.92. The SMILES string of the molecule is CCOc1ccc(S(=O)(=O)N[C@H]2CCCc3ccccc32)cc1C. The van der Waals surface area contributed by atoms with Crippen molar-refractivity contribution in [3.8, 4) is 5.75 Å².